The van der Waals surface area contributed by atoms with Gasteiger partial charge in [-0.15, -0.1) is 0 Å². The molecule has 0 aliphatic carbocycles. The van der Waals surface area contributed by atoms with Crippen molar-refractivity contribution in [1.82, 2.24) is 0 Å². The van der Waals surface area contributed by atoms with Crippen molar-refractivity contribution in [2.75, 3.05) is 0 Å². The molecule has 0 aromatic rings. The summed E-state index contributed by atoms with van der Waals surface area (Å²) in [6, 6.07) is 0. The van der Waals surface area contributed by atoms with Crippen molar-refractivity contribution >= 4 is 0 Å². The first-order valence-electron chi connectivity index (χ1n) is 4.52. The van der Waals surface area contributed by atoms with E-state index in [1.807, 2.05) is 0 Å². The average molecular weight is 167 g/mol. The van der Waals surface area contributed by atoms with Crippen molar-refractivity contribution in [3.8, 4) is 0 Å². The second-order valence-electron chi connectivity index (χ2n) is 3.99. The van der Waals surface area contributed by atoms with Crippen molar-refractivity contribution in [3.05, 3.63) is 23.4 Å². The largest absolute Gasteiger partial charge is 0.402 e. The molecule has 0 amide bonds. The van der Waals surface area contributed by atoms with E-state index in [0.717, 1.165) is 18.0 Å². The number of rotatable bonds is 4. The van der Waals surface area contributed by atoms with E-state index in [1.165, 1.54) is 17.6 Å². The van der Waals surface area contributed by atoms with Crippen LogP contribution in [0.3, 0.4) is 0 Å². The zero-order valence-electron chi connectivity index (χ0n) is 8.78. The summed E-state index contributed by atoms with van der Waals surface area (Å²) in [6.07, 6.45) is 2.01. The quantitative estimate of drug-likeness (QED) is 0.639. The third kappa shape index (κ3) is 5.00. The Labute approximate surface area is 76.3 Å². The molecule has 0 aliphatic heterocycles. The van der Waals surface area contributed by atoms with E-state index >= 15 is 0 Å². The standard InChI is InChI=1S/C11H21N/c1-8(2)6-9(3)10(4)7-11(5)12/h8H,5-7,12H2,1-4H3/b10-9-. The first-order chi connectivity index (χ1) is 5.43. The molecule has 0 fully saturated rings. The van der Waals surface area contributed by atoms with Crippen molar-refractivity contribution in [2.24, 2.45) is 11.7 Å². The fourth-order valence-corrected chi connectivity index (χ4v) is 1.28. The van der Waals surface area contributed by atoms with Crippen molar-refractivity contribution in [1.29, 1.82) is 0 Å². The van der Waals surface area contributed by atoms with Gasteiger partial charge in [0.2, 0.25) is 0 Å². The third-order valence-corrected chi connectivity index (χ3v) is 1.94. The van der Waals surface area contributed by atoms with Crippen molar-refractivity contribution < 1.29 is 0 Å². The monoisotopic (exact) mass is 167 g/mol. The first kappa shape index (κ1) is 11.3. The minimum Gasteiger partial charge on any atom is -0.402 e. The maximum Gasteiger partial charge on any atom is 0.00733 e. The highest BCUT2D eigenvalue weighted by atomic mass is 14.6. The molecule has 0 saturated heterocycles. The molecule has 0 saturated carbocycles. The van der Waals surface area contributed by atoms with Gasteiger partial charge in [0.25, 0.3) is 0 Å². The molecule has 1 heteroatoms. The summed E-state index contributed by atoms with van der Waals surface area (Å²) in [5.74, 6) is 0.728. The fraction of sp³-hybridized carbons (Fsp3) is 0.636. The van der Waals surface area contributed by atoms with Crippen LogP contribution in [0.4, 0.5) is 0 Å². The van der Waals surface area contributed by atoms with Gasteiger partial charge in [0, 0.05) is 12.1 Å². The highest BCUT2D eigenvalue weighted by Gasteiger charge is 2.00. The van der Waals surface area contributed by atoms with Gasteiger partial charge in [-0.05, 0) is 26.2 Å². The molecule has 0 aromatic carbocycles. The third-order valence-electron chi connectivity index (χ3n) is 1.94. The lowest BCUT2D eigenvalue weighted by Crippen LogP contribution is -1.98. The summed E-state index contributed by atoms with van der Waals surface area (Å²) in [4.78, 5) is 0. The molecule has 0 unspecified atom stereocenters. The first-order valence-corrected chi connectivity index (χ1v) is 4.52. The number of allylic oxidation sites excluding steroid dienone is 2. The highest BCUT2D eigenvalue weighted by Crippen LogP contribution is 2.17. The van der Waals surface area contributed by atoms with Crippen LogP contribution < -0.4 is 5.73 Å². The van der Waals surface area contributed by atoms with Crippen LogP contribution in [-0.2, 0) is 0 Å². The van der Waals surface area contributed by atoms with Crippen LogP contribution in [0, 0.1) is 5.92 Å². The Balaban J connectivity index is 4.16. The topological polar surface area (TPSA) is 26.0 Å². The van der Waals surface area contributed by atoms with E-state index in [2.05, 4.69) is 34.3 Å². The van der Waals surface area contributed by atoms with Crippen LogP contribution in [0.5, 0.6) is 0 Å². The van der Waals surface area contributed by atoms with Gasteiger partial charge in [-0.1, -0.05) is 31.6 Å². The molecule has 0 bridgehead atoms. The normalized spacial score (nSPS) is 13.1. The lowest BCUT2D eigenvalue weighted by Gasteiger charge is -2.09. The van der Waals surface area contributed by atoms with Gasteiger partial charge in [-0.3, -0.25) is 0 Å². The molecular weight excluding hydrogens is 146 g/mol. The molecule has 0 spiro atoms. The van der Waals surface area contributed by atoms with Crippen molar-refractivity contribution in [2.45, 2.75) is 40.5 Å². The summed E-state index contributed by atoms with van der Waals surface area (Å²) >= 11 is 0. The van der Waals surface area contributed by atoms with Crippen LogP contribution in [0.15, 0.2) is 23.4 Å². The zero-order valence-corrected chi connectivity index (χ0v) is 8.78. The molecule has 12 heavy (non-hydrogen) atoms. The van der Waals surface area contributed by atoms with E-state index in [-0.39, 0.29) is 0 Å². The Morgan fingerprint density at radius 3 is 2.08 bits per heavy atom. The number of hydrogen-bond donors (Lipinski definition) is 1. The molecule has 0 radical (unpaired) electrons. The van der Waals surface area contributed by atoms with Gasteiger partial charge in [0.1, 0.15) is 0 Å². The molecule has 2 N–H and O–H groups in total. The Hall–Kier alpha value is -0.720. The average Bonchev–Trinajstić information content (AvgIpc) is 1.84. The Bertz CT molecular complexity index is 187. The molecule has 0 aliphatic rings. The predicted molar refractivity (Wildman–Crippen MR) is 55.8 cm³/mol. The second kappa shape index (κ2) is 5.02. The number of nitrogens with two attached hydrogens (primary N) is 1. The molecule has 0 heterocycles. The van der Waals surface area contributed by atoms with E-state index in [4.69, 9.17) is 5.73 Å². The maximum atomic E-state index is 5.53. The SMILES string of the molecule is C=C(N)C/C(C)=C(/C)CC(C)C. The minimum absolute atomic E-state index is 0.728. The van der Waals surface area contributed by atoms with Gasteiger partial charge >= 0.3 is 0 Å². The van der Waals surface area contributed by atoms with E-state index in [1.54, 1.807) is 0 Å². The van der Waals surface area contributed by atoms with Crippen LogP contribution in [-0.4, -0.2) is 0 Å². The van der Waals surface area contributed by atoms with E-state index < -0.39 is 0 Å². The summed E-state index contributed by atoms with van der Waals surface area (Å²) < 4.78 is 0. The molecule has 0 atom stereocenters. The smallest absolute Gasteiger partial charge is 0.00733 e. The molecular formula is C11H21N. The Morgan fingerprint density at radius 1 is 1.25 bits per heavy atom. The number of hydrogen-bond acceptors (Lipinski definition) is 1. The van der Waals surface area contributed by atoms with E-state index in [0.29, 0.717) is 0 Å². The molecule has 0 aromatic heterocycles. The van der Waals surface area contributed by atoms with E-state index in [9.17, 15) is 0 Å². The lowest BCUT2D eigenvalue weighted by molar-refractivity contribution is 0.636. The lowest BCUT2D eigenvalue weighted by atomic mass is 9.98. The van der Waals surface area contributed by atoms with Gasteiger partial charge < -0.3 is 5.73 Å². The van der Waals surface area contributed by atoms with Crippen molar-refractivity contribution in [3.63, 3.8) is 0 Å². The van der Waals surface area contributed by atoms with Gasteiger partial charge in [-0.2, -0.15) is 0 Å². The Kier molecular flexibility index (Phi) is 4.72. The van der Waals surface area contributed by atoms with Gasteiger partial charge in [0.05, 0.1) is 0 Å². The Morgan fingerprint density at radius 2 is 1.75 bits per heavy atom. The second-order valence-corrected chi connectivity index (χ2v) is 3.99. The maximum absolute atomic E-state index is 5.53. The van der Waals surface area contributed by atoms with Crippen LogP contribution in [0.1, 0.15) is 40.5 Å². The summed E-state index contributed by atoms with van der Waals surface area (Å²) in [5, 5.41) is 0. The summed E-state index contributed by atoms with van der Waals surface area (Å²) in [6.45, 7) is 12.5. The predicted octanol–water partition coefficient (Wildman–Crippen LogP) is 3.23. The molecule has 0 rings (SSSR count). The van der Waals surface area contributed by atoms with Crippen LogP contribution >= 0.6 is 0 Å². The fourth-order valence-electron chi connectivity index (χ4n) is 1.28. The summed E-state index contributed by atoms with van der Waals surface area (Å²) in [7, 11) is 0. The molecule has 70 valence electrons. The highest BCUT2D eigenvalue weighted by molar-refractivity contribution is 5.15. The van der Waals surface area contributed by atoms with Gasteiger partial charge in [0.15, 0.2) is 0 Å². The van der Waals surface area contributed by atoms with Crippen LogP contribution in [0.2, 0.25) is 0 Å². The van der Waals surface area contributed by atoms with Gasteiger partial charge in [-0.25, -0.2) is 0 Å². The minimum atomic E-state index is 0.728. The summed E-state index contributed by atoms with van der Waals surface area (Å²) in [5.41, 5.74) is 9.12. The van der Waals surface area contributed by atoms with Crippen LogP contribution in [0.25, 0.3) is 0 Å². The zero-order chi connectivity index (χ0) is 9.72. The molecule has 1 nitrogen and oxygen atoms in total.